The first kappa shape index (κ1) is 15.9. The third kappa shape index (κ3) is 6.50. The highest BCUT2D eigenvalue weighted by Crippen LogP contribution is 2.16. The fraction of sp³-hybridized carbons (Fsp3) is 0.643. The SMILES string of the molecule is CCNCc1cc(F)cnc1OCCOC(C)(C)C. The average Bonchev–Trinajstić information content (AvgIpc) is 2.32. The predicted octanol–water partition coefficient (Wildman–Crippen LogP) is 2.52. The van der Waals surface area contributed by atoms with Crippen molar-refractivity contribution in [1.29, 1.82) is 0 Å². The van der Waals surface area contributed by atoms with Gasteiger partial charge in [0.1, 0.15) is 12.4 Å². The van der Waals surface area contributed by atoms with Gasteiger partial charge in [0.05, 0.1) is 18.4 Å². The Morgan fingerprint density at radius 2 is 2.05 bits per heavy atom. The molecule has 0 amide bonds. The summed E-state index contributed by atoms with van der Waals surface area (Å²) in [5.41, 5.74) is 0.532. The molecule has 1 N–H and O–H groups in total. The maximum Gasteiger partial charge on any atom is 0.218 e. The van der Waals surface area contributed by atoms with Crippen molar-refractivity contribution in [2.75, 3.05) is 19.8 Å². The molecule has 19 heavy (non-hydrogen) atoms. The number of rotatable bonds is 7. The Balaban J connectivity index is 2.52. The maximum atomic E-state index is 13.1. The number of aromatic nitrogens is 1. The molecule has 0 saturated carbocycles. The molecule has 108 valence electrons. The zero-order valence-electron chi connectivity index (χ0n) is 12.1. The van der Waals surface area contributed by atoms with Gasteiger partial charge in [-0.25, -0.2) is 9.37 Å². The summed E-state index contributed by atoms with van der Waals surface area (Å²) in [6.45, 7) is 10.2. The van der Waals surface area contributed by atoms with Crippen molar-refractivity contribution in [2.45, 2.75) is 39.8 Å². The molecular weight excluding hydrogens is 247 g/mol. The minimum absolute atomic E-state index is 0.188. The predicted molar refractivity (Wildman–Crippen MR) is 72.8 cm³/mol. The number of hydrogen-bond acceptors (Lipinski definition) is 4. The number of ether oxygens (including phenoxy) is 2. The largest absolute Gasteiger partial charge is 0.475 e. The smallest absolute Gasteiger partial charge is 0.218 e. The molecule has 0 aliphatic heterocycles. The Labute approximate surface area is 114 Å². The van der Waals surface area contributed by atoms with E-state index in [1.54, 1.807) is 0 Å². The maximum absolute atomic E-state index is 13.1. The second-order valence-electron chi connectivity index (χ2n) is 5.21. The van der Waals surface area contributed by atoms with Crippen LogP contribution in [0, 0.1) is 5.82 Å². The topological polar surface area (TPSA) is 43.4 Å². The zero-order chi connectivity index (χ0) is 14.3. The Morgan fingerprint density at radius 3 is 2.68 bits per heavy atom. The van der Waals surface area contributed by atoms with Crippen molar-refractivity contribution in [3.05, 3.63) is 23.6 Å². The molecule has 0 spiro atoms. The monoisotopic (exact) mass is 270 g/mol. The molecule has 0 aliphatic rings. The van der Waals surface area contributed by atoms with Gasteiger partial charge >= 0.3 is 0 Å². The molecule has 0 saturated heterocycles. The van der Waals surface area contributed by atoms with Crippen molar-refractivity contribution in [2.24, 2.45) is 0 Å². The van der Waals surface area contributed by atoms with E-state index < -0.39 is 0 Å². The van der Waals surface area contributed by atoms with Gasteiger partial charge in [-0.1, -0.05) is 6.92 Å². The number of nitrogens with zero attached hydrogens (tertiary/aromatic N) is 1. The fourth-order valence-corrected chi connectivity index (χ4v) is 1.47. The summed E-state index contributed by atoms with van der Waals surface area (Å²) in [4.78, 5) is 3.97. The van der Waals surface area contributed by atoms with Gasteiger partial charge in [0.15, 0.2) is 0 Å². The molecular formula is C14H23FN2O2. The van der Waals surface area contributed by atoms with Crippen LogP contribution >= 0.6 is 0 Å². The number of nitrogens with one attached hydrogen (secondary N) is 1. The van der Waals surface area contributed by atoms with E-state index in [0.717, 1.165) is 18.3 Å². The average molecular weight is 270 g/mol. The highest BCUT2D eigenvalue weighted by atomic mass is 19.1. The fourth-order valence-electron chi connectivity index (χ4n) is 1.47. The molecule has 0 unspecified atom stereocenters. The van der Waals surface area contributed by atoms with Crippen LogP contribution in [0.5, 0.6) is 5.88 Å². The van der Waals surface area contributed by atoms with Crippen LogP contribution in [0.2, 0.25) is 0 Å². The van der Waals surface area contributed by atoms with E-state index in [1.165, 1.54) is 6.07 Å². The quantitative estimate of drug-likeness (QED) is 0.773. The second-order valence-corrected chi connectivity index (χ2v) is 5.21. The van der Waals surface area contributed by atoms with E-state index in [1.807, 2.05) is 27.7 Å². The Kier molecular flexibility index (Phi) is 6.18. The minimum atomic E-state index is -0.355. The van der Waals surface area contributed by atoms with Crippen molar-refractivity contribution >= 4 is 0 Å². The lowest BCUT2D eigenvalue weighted by molar-refractivity contribution is -0.0169. The van der Waals surface area contributed by atoms with Gasteiger partial charge in [-0.2, -0.15) is 0 Å². The van der Waals surface area contributed by atoms with Gasteiger partial charge in [-0.3, -0.25) is 0 Å². The third-order valence-corrected chi connectivity index (χ3v) is 2.31. The molecule has 1 rings (SSSR count). The van der Waals surface area contributed by atoms with E-state index in [9.17, 15) is 4.39 Å². The van der Waals surface area contributed by atoms with Crippen LogP contribution in [0.1, 0.15) is 33.3 Å². The first-order valence-corrected chi connectivity index (χ1v) is 6.54. The molecule has 1 heterocycles. The summed E-state index contributed by atoms with van der Waals surface area (Å²) in [5.74, 6) is 0.103. The first-order valence-electron chi connectivity index (χ1n) is 6.54. The Bertz CT molecular complexity index is 392. The normalized spacial score (nSPS) is 11.6. The first-order chi connectivity index (χ1) is 8.92. The molecule has 1 aromatic rings. The molecule has 1 aromatic heterocycles. The van der Waals surface area contributed by atoms with Crippen LogP contribution < -0.4 is 10.1 Å². The van der Waals surface area contributed by atoms with E-state index in [0.29, 0.717) is 25.6 Å². The number of hydrogen-bond donors (Lipinski definition) is 1. The molecule has 0 radical (unpaired) electrons. The van der Waals surface area contributed by atoms with Gasteiger partial charge in [0.25, 0.3) is 0 Å². The van der Waals surface area contributed by atoms with Gasteiger partial charge in [-0.15, -0.1) is 0 Å². The Morgan fingerprint density at radius 1 is 1.32 bits per heavy atom. The highest BCUT2D eigenvalue weighted by molar-refractivity contribution is 5.26. The molecule has 0 bridgehead atoms. The van der Waals surface area contributed by atoms with Crippen LogP contribution in [0.3, 0.4) is 0 Å². The van der Waals surface area contributed by atoms with E-state index >= 15 is 0 Å². The van der Waals surface area contributed by atoms with Gasteiger partial charge in [-0.05, 0) is 33.4 Å². The van der Waals surface area contributed by atoms with Gasteiger partial charge < -0.3 is 14.8 Å². The van der Waals surface area contributed by atoms with Crippen LogP contribution in [-0.2, 0) is 11.3 Å². The lowest BCUT2D eigenvalue weighted by Gasteiger charge is -2.19. The standard InChI is InChI=1S/C14H23FN2O2/c1-5-16-9-11-8-12(15)10-17-13(11)18-6-7-19-14(2,3)4/h8,10,16H,5-7,9H2,1-4H3. The molecule has 0 fully saturated rings. The molecule has 0 aromatic carbocycles. The molecule has 5 heteroatoms. The summed E-state index contributed by atoms with van der Waals surface area (Å²) in [7, 11) is 0. The minimum Gasteiger partial charge on any atom is -0.475 e. The van der Waals surface area contributed by atoms with Crippen LogP contribution in [0.15, 0.2) is 12.3 Å². The second kappa shape index (κ2) is 7.40. The number of halogens is 1. The van der Waals surface area contributed by atoms with E-state index in [4.69, 9.17) is 9.47 Å². The molecule has 0 aliphatic carbocycles. The highest BCUT2D eigenvalue weighted by Gasteiger charge is 2.11. The summed E-state index contributed by atoms with van der Waals surface area (Å²) in [5, 5.41) is 3.13. The van der Waals surface area contributed by atoms with Crippen LogP contribution in [-0.4, -0.2) is 30.3 Å². The summed E-state index contributed by atoms with van der Waals surface area (Å²) < 4.78 is 24.2. The van der Waals surface area contributed by atoms with E-state index in [2.05, 4.69) is 10.3 Å². The van der Waals surface area contributed by atoms with Crippen LogP contribution in [0.25, 0.3) is 0 Å². The zero-order valence-corrected chi connectivity index (χ0v) is 12.1. The lowest BCUT2D eigenvalue weighted by Crippen LogP contribution is -2.23. The van der Waals surface area contributed by atoms with Crippen molar-refractivity contribution in [3.8, 4) is 5.88 Å². The molecule has 0 atom stereocenters. The van der Waals surface area contributed by atoms with E-state index in [-0.39, 0.29) is 11.4 Å². The molecule has 4 nitrogen and oxygen atoms in total. The third-order valence-electron chi connectivity index (χ3n) is 2.31. The van der Waals surface area contributed by atoms with Gasteiger partial charge in [0.2, 0.25) is 5.88 Å². The van der Waals surface area contributed by atoms with Crippen molar-refractivity contribution in [1.82, 2.24) is 10.3 Å². The Hall–Kier alpha value is -1.20. The summed E-state index contributed by atoms with van der Waals surface area (Å²) in [6, 6.07) is 1.44. The van der Waals surface area contributed by atoms with Crippen LogP contribution in [0.4, 0.5) is 4.39 Å². The van der Waals surface area contributed by atoms with Crippen molar-refractivity contribution in [3.63, 3.8) is 0 Å². The summed E-state index contributed by atoms with van der Waals surface area (Å²) in [6.07, 6.45) is 1.16. The number of pyridine rings is 1. The summed E-state index contributed by atoms with van der Waals surface area (Å²) >= 11 is 0. The van der Waals surface area contributed by atoms with Crippen molar-refractivity contribution < 1.29 is 13.9 Å². The van der Waals surface area contributed by atoms with Gasteiger partial charge in [0, 0.05) is 12.1 Å². The lowest BCUT2D eigenvalue weighted by atomic mass is 10.2.